The van der Waals surface area contributed by atoms with Crippen LogP contribution in [0.3, 0.4) is 0 Å². The van der Waals surface area contributed by atoms with Crippen LogP contribution < -0.4 is 21.3 Å². The van der Waals surface area contributed by atoms with Crippen LogP contribution in [0.5, 0.6) is 0 Å². The summed E-state index contributed by atoms with van der Waals surface area (Å²) in [5, 5.41) is 11.7. The third-order valence-electron chi connectivity index (χ3n) is 11.3. The number of terminal acetylenes is 1. The second kappa shape index (κ2) is 18.7. The molecule has 11 nitrogen and oxygen atoms in total. The average Bonchev–Trinajstić information content (AvgIpc) is 3.54. The third-order valence-corrected chi connectivity index (χ3v) is 13.5. The number of nitrogens with one attached hydrogen (secondary N) is 4. The molecule has 0 bridgehead atoms. The standard InChI is InChI=1S/C39H65N5O6S/c1-9-11-18-29(31(45)34(47)40-23-10-2)41-33(46)30-24-28(27(3)4)25-44(30)35(48)32(38(8)19-14-12-15-20-38)42-36(49)43-39(21-16-13-17-22-39)26-51(50)37(5,6)7/h1,27-30,32H,10-26H2,2-8H3,(H,40,47)(H,41,46)(H2,42,43,49)/t28-,29?,30+,32-,51?/m1/s1. The van der Waals surface area contributed by atoms with Gasteiger partial charge in [-0.1, -0.05) is 66.2 Å². The molecule has 1 heterocycles. The van der Waals surface area contributed by atoms with E-state index in [4.69, 9.17) is 6.42 Å². The fraction of sp³-hybridized carbons (Fsp3) is 0.821. The maximum Gasteiger partial charge on any atom is 0.315 e. The van der Waals surface area contributed by atoms with Gasteiger partial charge in [-0.2, -0.15) is 0 Å². The van der Waals surface area contributed by atoms with Gasteiger partial charge in [-0.3, -0.25) is 23.4 Å². The van der Waals surface area contributed by atoms with E-state index in [9.17, 15) is 28.2 Å². The fourth-order valence-corrected chi connectivity index (χ4v) is 9.15. The van der Waals surface area contributed by atoms with Crippen molar-refractivity contribution in [2.45, 2.75) is 167 Å². The molecule has 0 aromatic carbocycles. The molecular formula is C39H65N5O6S. The van der Waals surface area contributed by atoms with E-state index in [2.05, 4.69) is 48.0 Å². The van der Waals surface area contributed by atoms with Crippen LogP contribution in [-0.4, -0.2) is 85.9 Å². The quantitative estimate of drug-likeness (QED) is 0.141. The lowest BCUT2D eigenvalue weighted by molar-refractivity contribution is -0.144. The Labute approximate surface area is 309 Å². The predicted molar refractivity (Wildman–Crippen MR) is 202 cm³/mol. The van der Waals surface area contributed by atoms with E-state index in [0.29, 0.717) is 31.7 Å². The van der Waals surface area contributed by atoms with Gasteiger partial charge in [0.05, 0.1) is 11.6 Å². The summed E-state index contributed by atoms with van der Waals surface area (Å²) in [7, 11) is -1.18. The first-order valence-electron chi connectivity index (χ1n) is 19.3. The van der Waals surface area contributed by atoms with Gasteiger partial charge >= 0.3 is 6.03 Å². The van der Waals surface area contributed by atoms with E-state index in [-0.39, 0.29) is 30.6 Å². The number of likely N-dealkylation sites (tertiary alicyclic amines) is 1. The summed E-state index contributed by atoms with van der Waals surface area (Å²) < 4.78 is 12.9. The summed E-state index contributed by atoms with van der Waals surface area (Å²) in [6.45, 7) is 14.5. The van der Waals surface area contributed by atoms with Gasteiger partial charge in [-0.05, 0) is 83.0 Å². The van der Waals surface area contributed by atoms with Gasteiger partial charge in [0.2, 0.25) is 17.6 Å². The van der Waals surface area contributed by atoms with Crippen molar-refractivity contribution in [3.05, 3.63) is 0 Å². The minimum Gasteiger partial charge on any atom is -0.349 e. The predicted octanol–water partition coefficient (Wildman–Crippen LogP) is 4.74. The van der Waals surface area contributed by atoms with E-state index < -0.39 is 68.3 Å². The third kappa shape index (κ3) is 11.5. The van der Waals surface area contributed by atoms with Crippen molar-refractivity contribution in [2.24, 2.45) is 17.3 Å². The monoisotopic (exact) mass is 731 g/mol. The molecule has 288 valence electrons. The van der Waals surface area contributed by atoms with Gasteiger partial charge in [0.15, 0.2) is 0 Å². The van der Waals surface area contributed by atoms with Crippen molar-refractivity contribution < 1.29 is 28.2 Å². The summed E-state index contributed by atoms with van der Waals surface area (Å²) in [6.07, 6.45) is 15.6. The molecule has 0 aromatic heterocycles. The van der Waals surface area contributed by atoms with Gasteiger partial charge < -0.3 is 26.2 Å². The molecule has 2 saturated carbocycles. The summed E-state index contributed by atoms with van der Waals surface area (Å²) in [6, 6.07) is -3.36. The van der Waals surface area contributed by atoms with Crippen LogP contribution in [0.1, 0.15) is 138 Å². The molecule has 5 atom stereocenters. The number of ketones is 1. The molecule has 5 amide bonds. The minimum absolute atomic E-state index is 0.0175. The number of carbonyl (C=O) groups excluding carboxylic acids is 5. The topological polar surface area (TPSA) is 154 Å². The molecule has 0 spiro atoms. The largest absolute Gasteiger partial charge is 0.349 e. The lowest BCUT2D eigenvalue weighted by Gasteiger charge is -2.44. The maximum absolute atomic E-state index is 14.9. The lowest BCUT2D eigenvalue weighted by Crippen LogP contribution is -2.64. The van der Waals surface area contributed by atoms with Crippen molar-refractivity contribution in [3.8, 4) is 12.3 Å². The summed E-state index contributed by atoms with van der Waals surface area (Å²) in [4.78, 5) is 70.3. The van der Waals surface area contributed by atoms with Crippen molar-refractivity contribution in [3.63, 3.8) is 0 Å². The van der Waals surface area contributed by atoms with Crippen molar-refractivity contribution in [2.75, 3.05) is 18.8 Å². The first-order valence-corrected chi connectivity index (χ1v) is 20.6. The molecule has 0 aromatic rings. The zero-order chi connectivity index (χ0) is 38.0. The molecule has 2 aliphatic carbocycles. The van der Waals surface area contributed by atoms with Crippen molar-refractivity contribution in [1.82, 2.24) is 26.2 Å². The summed E-state index contributed by atoms with van der Waals surface area (Å²) in [5.41, 5.74) is -1.18. The first-order chi connectivity index (χ1) is 24.0. The number of Topliss-reactive ketones (excluding diaryl/α,β-unsaturated/α-hetero) is 1. The Bertz CT molecular complexity index is 1310. The molecular weight excluding hydrogens is 667 g/mol. The van der Waals surface area contributed by atoms with Crippen LogP contribution in [0.15, 0.2) is 0 Å². The number of amides is 5. The first kappa shape index (κ1) is 42.5. The number of hydrogen-bond donors (Lipinski definition) is 4. The van der Waals surface area contributed by atoms with Gasteiger partial charge in [-0.25, -0.2) is 4.79 Å². The molecule has 3 fully saturated rings. The van der Waals surface area contributed by atoms with Crippen molar-refractivity contribution in [1.29, 1.82) is 0 Å². The molecule has 4 N–H and O–H groups in total. The highest BCUT2D eigenvalue weighted by molar-refractivity contribution is 7.86. The van der Waals surface area contributed by atoms with E-state index in [1.807, 2.05) is 27.7 Å². The Morgan fingerprint density at radius 2 is 1.57 bits per heavy atom. The van der Waals surface area contributed by atoms with E-state index in [1.54, 1.807) is 4.90 Å². The lowest BCUT2D eigenvalue weighted by atomic mass is 9.70. The fourth-order valence-electron chi connectivity index (χ4n) is 7.85. The number of nitrogens with zero attached hydrogens (tertiary/aromatic N) is 1. The van der Waals surface area contributed by atoms with Gasteiger partial charge in [0.25, 0.3) is 5.91 Å². The molecule has 3 aliphatic rings. The normalized spacial score (nSPS) is 23.3. The van der Waals surface area contributed by atoms with Crippen LogP contribution in [-0.2, 0) is 30.0 Å². The van der Waals surface area contributed by atoms with Crippen molar-refractivity contribution >= 4 is 40.3 Å². The summed E-state index contributed by atoms with van der Waals surface area (Å²) >= 11 is 0. The van der Waals surface area contributed by atoms with Crippen LogP contribution in [0, 0.1) is 29.6 Å². The highest BCUT2D eigenvalue weighted by Gasteiger charge is 2.49. The number of hydrogen-bond acceptors (Lipinski definition) is 6. The van der Waals surface area contributed by atoms with Gasteiger partial charge in [0.1, 0.15) is 12.1 Å². The molecule has 1 aliphatic heterocycles. The van der Waals surface area contributed by atoms with Crippen LogP contribution in [0.4, 0.5) is 4.79 Å². The molecule has 0 radical (unpaired) electrons. The second-order valence-corrected chi connectivity index (χ2v) is 19.1. The number of urea groups is 1. The van der Waals surface area contributed by atoms with Gasteiger partial charge in [-0.15, -0.1) is 12.3 Å². The highest BCUT2D eigenvalue weighted by Crippen LogP contribution is 2.41. The molecule has 51 heavy (non-hydrogen) atoms. The molecule has 2 unspecified atom stereocenters. The van der Waals surface area contributed by atoms with E-state index in [1.165, 1.54) is 0 Å². The Morgan fingerprint density at radius 1 is 0.961 bits per heavy atom. The number of rotatable bonds is 15. The minimum atomic E-state index is -1.18. The highest BCUT2D eigenvalue weighted by atomic mass is 32.2. The second-order valence-electron chi connectivity index (χ2n) is 16.9. The van der Waals surface area contributed by atoms with Crippen LogP contribution >= 0.6 is 0 Å². The molecule has 3 rings (SSSR count). The van der Waals surface area contributed by atoms with Gasteiger partial charge in [0, 0.05) is 40.8 Å². The van der Waals surface area contributed by atoms with E-state index in [0.717, 1.165) is 64.2 Å². The van der Waals surface area contributed by atoms with E-state index >= 15 is 0 Å². The molecule has 12 heteroatoms. The maximum atomic E-state index is 14.9. The average molecular weight is 732 g/mol. The molecule has 1 saturated heterocycles. The zero-order valence-electron chi connectivity index (χ0n) is 32.3. The SMILES string of the molecule is C#CCCC(NC(=O)[C@@H]1C[C@@H](C(C)C)CN1C(=O)[C@@H](NC(=O)NC1(CS(=O)C(C)(C)C)CCCCC1)C1(C)CCCCC1)C(=O)C(=O)NCCC. The van der Waals surface area contributed by atoms with Crippen LogP contribution in [0.25, 0.3) is 0 Å². The Balaban J connectivity index is 1.92. The Morgan fingerprint density at radius 3 is 2.12 bits per heavy atom. The summed E-state index contributed by atoms with van der Waals surface area (Å²) in [5.74, 6) is 0.658. The number of carbonyl (C=O) groups is 5. The Kier molecular flexibility index (Phi) is 15.6. The zero-order valence-corrected chi connectivity index (χ0v) is 33.1. The van der Waals surface area contributed by atoms with Crippen LogP contribution in [0.2, 0.25) is 0 Å². The Hall–Kier alpha value is -2.94. The smallest absolute Gasteiger partial charge is 0.315 e.